The fourth-order valence-electron chi connectivity index (χ4n) is 4.60. The number of hydrogen-bond donors (Lipinski definition) is 1. The number of esters is 1. The molecule has 1 saturated heterocycles. The Bertz CT molecular complexity index is 529. The van der Waals surface area contributed by atoms with Gasteiger partial charge in [0.25, 0.3) is 0 Å². The predicted molar refractivity (Wildman–Crippen MR) is 92.7 cm³/mol. The van der Waals surface area contributed by atoms with Gasteiger partial charge in [-0.1, -0.05) is 18.8 Å². The molecule has 7 atom stereocenters. The smallest absolute Gasteiger partial charge is 0.324 e. The molecule has 140 valence electrons. The number of halogens is 2. The molecule has 0 aromatic heterocycles. The zero-order valence-electron chi connectivity index (χ0n) is 14.5. The van der Waals surface area contributed by atoms with Gasteiger partial charge in [0.15, 0.2) is 0 Å². The minimum Gasteiger partial charge on any atom is -0.468 e. The Kier molecular flexibility index (Phi) is 6.21. The van der Waals surface area contributed by atoms with Gasteiger partial charge in [-0.15, -0.1) is 18.0 Å². The number of alkyl halides is 2. The monoisotopic (exact) mass is 372 g/mol. The van der Waals surface area contributed by atoms with Crippen LogP contribution in [0.1, 0.15) is 38.5 Å². The van der Waals surface area contributed by atoms with Crippen LogP contribution in [0.5, 0.6) is 0 Å². The number of hydrazine groups is 1. The van der Waals surface area contributed by atoms with E-state index in [1.165, 1.54) is 7.11 Å². The fraction of sp³-hybridized carbons (Fsp3) is 0.833. The average Bonchev–Trinajstić information content (AvgIpc) is 3.00. The lowest BCUT2D eigenvalue weighted by Crippen LogP contribution is -2.57. The fourth-order valence-corrected chi connectivity index (χ4v) is 4.94. The number of terminal acetylenes is 1. The molecular formula is C18H26ClFN2O3. The number of nitrogens with one attached hydrogen (secondary N) is 1. The maximum absolute atomic E-state index is 14.8. The second-order valence-electron chi connectivity index (χ2n) is 7.18. The van der Waals surface area contributed by atoms with Crippen molar-refractivity contribution in [2.75, 3.05) is 13.7 Å². The van der Waals surface area contributed by atoms with Gasteiger partial charge < -0.3 is 9.47 Å². The van der Waals surface area contributed by atoms with Gasteiger partial charge in [-0.25, -0.2) is 14.8 Å². The molecule has 5 nitrogen and oxygen atoms in total. The highest BCUT2D eigenvalue weighted by Gasteiger charge is 2.52. The van der Waals surface area contributed by atoms with E-state index in [0.717, 1.165) is 25.7 Å². The molecule has 25 heavy (non-hydrogen) atoms. The summed E-state index contributed by atoms with van der Waals surface area (Å²) >= 11 is 6.28. The van der Waals surface area contributed by atoms with Crippen LogP contribution in [0.25, 0.3) is 0 Å². The first-order valence-electron chi connectivity index (χ1n) is 9.02. The Balaban J connectivity index is 1.76. The second kappa shape index (κ2) is 8.22. The van der Waals surface area contributed by atoms with Crippen molar-refractivity contribution < 1.29 is 18.7 Å². The van der Waals surface area contributed by atoms with E-state index < -0.39 is 12.2 Å². The van der Waals surface area contributed by atoms with Crippen molar-refractivity contribution in [2.24, 2.45) is 5.92 Å². The minimum absolute atomic E-state index is 0.140. The van der Waals surface area contributed by atoms with Crippen molar-refractivity contribution in [3.05, 3.63) is 0 Å². The molecular weight excluding hydrogens is 347 g/mol. The molecule has 3 fully saturated rings. The van der Waals surface area contributed by atoms with E-state index in [2.05, 4.69) is 11.3 Å². The van der Waals surface area contributed by atoms with Gasteiger partial charge in [0.2, 0.25) is 0 Å². The van der Waals surface area contributed by atoms with E-state index in [9.17, 15) is 9.18 Å². The largest absolute Gasteiger partial charge is 0.468 e. The Hall–Kier alpha value is -0.870. The molecule has 2 aliphatic carbocycles. The van der Waals surface area contributed by atoms with Crippen molar-refractivity contribution >= 4 is 17.6 Å². The van der Waals surface area contributed by atoms with Crippen LogP contribution in [0, 0.1) is 18.3 Å². The zero-order chi connectivity index (χ0) is 18.0. The number of hydrogen-bond acceptors (Lipinski definition) is 5. The highest BCUT2D eigenvalue weighted by Crippen LogP contribution is 2.40. The van der Waals surface area contributed by atoms with Crippen molar-refractivity contribution in [1.29, 1.82) is 0 Å². The third-order valence-electron chi connectivity index (χ3n) is 5.79. The molecule has 1 aliphatic heterocycles. The zero-order valence-corrected chi connectivity index (χ0v) is 15.3. The third kappa shape index (κ3) is 3.80. The maximum Gasteiger partial charge on any atom is 0.324 e. The van der Waals surface area contributed by atoms with Gasteiger partial charge in [0.05, 0.1) is 24.6 Å². The van der Waals surface area contributed by atoms with Crippen LogP contribution in [0.15, 0.2) is 0 Å². The first-order valence-corrected chi connectivity index (χ1v) is 9.46. The SMILES string of the molecule is C#CCOC1CC(N2NC(C(=O)OC)C3CCCCC32)C(F)CC1Cl. The molecule has 2 saturated carbocycles. The molecule has 0 spiro atoms. The molecule has 0 amide bonds. The van der Waals surface area contributed by atoms with Crippen LogP contribution in [0.3, 0.4) is 0 Å². The quantitative estimate of drug-likeness (QED) is 0.465. The summed E-state index contributed by atoms with van der Waals surface area (Å²) in [5.41, 5.74) is 3.26. The van der Waals surface area contributed by atoms with E-state index in [-0.39, 0.29) is 48.5 Å². The summed E-state index contributed by atoms with van der Waals surface area (Å²) in [6.07, 6.45) is 8.68. The van der Waals surface area contributed by atoms with E-state index in [1.54, 1.807) is 0 Å². The molecule has 3 aliphatic rings. The number of fused-ring (bicyclic) bond motifs is 1. The molecule has 0 aromatic carbocycles. The van der Waals surface area contributed by atoms with E-state index in [4.69, 9.17) is 27.5 Å². The van der Waals surface area contributed by atoms with Crippen molar-refractivity contribution in [1.82, 2.24) is 10.4 Å². The number of carbonyl (C=O) groups is 1. The summed E-state index contributed by atoms with van der Waals surface area (Å²) < 4.78 is 25.4. The number of nitrogens with zero attached hydrogens (tertiary/aromatic N) is 1. The van der Waals surface area contributed by atoms with E-state index >= 15 is 0 Å². The van der Waals surface area contributed by atoms with Gasteiger partial charge in [-0.05, 0) is 25.7 Å². The normalized spacial score (nSPS) is 41.8. The lowest BCUT2D eigenvalue weighted by atomic mass is 9.80. The average molecular weight is 373 g/mol. The van der Waals surface area contributed by atoms with E-state index in [1.807, 2.05) is 5.01 Å². The molecule has 0 aromatic rings. The topological polar surface area (TPSA) is 50.8 Å². The minimum atomic E-state index is -1.07. The Labute approximate surface area is 153 Å². The third-order valence-corrected chi connectivity index (χ3v) is 6.25. The molecule has 0 radical (unpaired) electrons. The number of rotatable bonds is 4. The Morgan fingerprint density at radius 3 is 2.84 bits per heavy atom. The van der Waals surface area contributed by atoms with Crippen molar-refractivity contribution in [3.8, 4) is 12.3 Å². The molecule has 7 heteroatoms. The summed E-state index contributed by atoms with van der Waals surface area (Å²) in [5.74, 6) is 2.32. The second-order valence-corrected chi connectivity index (χ2v) is 7.74. The lowest BCUT2D eigenvalue weighted by Gasteiger charge is -2.42. The molecule has 7 unspecified atom stereocenters. The molecule has 1 heterocycles. The van der Waals surface area contributed by atoms with Crippen LogP contribution in [-0.2, 0) is 14.3 Å². The Morgan fingerprint density at radius 1 is 1.36 bits per heavy atom. The van der Waals surface area contributed by atoms with Crippen LogP contribution in [0.2, 0.25) is 0 Å². The van der Waals surface area contributed by atoms with Gasteiger partial charge in [0.1, 0.15) is 18.8 Å². The summed E-state index contributed by atoms with van der Waals surface area (Å²) in [5, 5.41) is 1.58. The molecule has 1 N–H and O–H groups in total. The van der Waals surface area contributed by atoms with Gasteiger partial charge in [-0.3, -0.25) is 4.79 Å². The van der Waals surface area contributed by atoms with Crippen LogP contribution in [-0.4, -0.2) is 60.5 Å². The van der Waals surface area contributed by atoms with Gasteiger partial charge in [-0.2, -0.15) is 0 Å². The van der Waals surface area contributed by atoms with E-state index in [0.29, 0.717) is 6.42 Å². The van der Waals surface area contributed by atoms with Crippen molar-refractivity contribution in [2.45, 2.75) is 74.3 Å². The lowest BCUT2D eigenvalue weighted by molar-refractivity contribution is -0.144. The van der Waals surface area contributed by atoms with Crippen LogP contribution < -0.4 is 5.43 Å². The highest BCUT2D eigenvalue weighted by molar-refractivity contribution is 6.21. The van der Waals surface area contributed by atoms with Crippen molar-refractivity contribution in [3.63, 3.8) is 0 Å². The summed E-state index contributed by atoms with van der Waals surface area (Å²) in [6, 6.07) is -0.638. The first kappa shape index (κ1) is 18.9. The molecule has 0 bridgehead atoms. The standard InChI is InChI=1S/C18H26ClFN2O3/c1-3-8-25-16-10-15(13(20)9-12(16)19)22-14-7-5-4-6-11(14)17(21-22)18(23)24-2/h1,11-17,21H,4-10H2,2H3. The highest BCUT2D eigenvalue weighted by atomic mass is 35.5. The summed E-state index contributed by atoms with van der Waals surface area (Å²) in [6.45, 7) is 0.168. The Morgan fingerprint density at radius 2 is 2.12 bits per heavy atom. The predicted octanol–water partition coefficient (Wildman–Crippen LogP) is 2.03. The summed E-state index contributed by atoms with van der Waals surface area (Å²) in [4.78, 5) is 12.2. The first-order chi connectivity index (χ1) is 12.1. The number of methoxy groups -OCH3 is 1. The number of carbonyl (C=O) groups excluding carboxylic acids is 1. The number of ether oxygens (including phenoxy) is 2. The van der Waals surface area contributed by atoms with Crippen LogP contribution >= 0.6 is 11.6 Å². The molecule has 3 rings (SSSR count). The van der Waals surface area contributed by atoms with Crippen LogP contribution in [0.4, 0.5) is 4.39 Å². The maximum atomic E-state index is 14.8. The van der Waals surface area contributed by atoms with Gasteiger partial charge >= 0.3 is 5.97 Å². The van der Waals surface area contributed by atoms with Gasteiger partial charge in [0, 0.05) is 12.0 Å². The summed E-state index contributed by atoms with van der Waals surface area (Å²) in [7, 11) is 1.39.